The second-order valence-electron chi connectivity index (χ2n) is 5.85. The molecule has 2 aromatic rings. The van der Waals surface area contributed by atoms with Gasteiger partial charge in [-0.25, -0.2) is 0 Å². The molecule has 23 heavy (non-hydrogen) atoms. The van der Waals surface area contributed by atoms with Gasteiger partial charge in [0.2, 0.25) is 5.56 Å². The van der Waals surface area contributed by atoms with Crippen LogP contribution >= 0.6 is 0 Å². The Labute approximate surface area is 134 Å². The first-order valence-electron chi connectivity index (χ1n) is 7.82. The lowest BCUT2D eigenvalue weighted by Gasteiger charge is -2.32. The second kappa shape index (κ2) is 6.79. The highest BCUT2D eigenvalue weighted by Crippen LogP contribution is 2.28. The highest BCUT2D eigenvalue weighted by Gasteiger charge is 2.29. The van der Waals surface area contributed by atoms with Crippen LogP contribution in [-0.2, 0) is 4.74 Å². The number of aromatic amines is 1. The van der Waals surface area contributed by atoms with Crippen molar-refractivity contribution in [2.45, 2.75) is 31.9 Å². The quantitative estimate of drug-likeness (QED) is 0.914. The molecule has 0 spiro atoms. The van der Waals surface area contributed by atoms with Crippen molar-refractivity contribution < 1.29 is 9.53 Å². The van der Waals surface area contributed by atoms with E-state index in [0.717, 1.165) is 18.4 Å². The van der Waals surface area contributed by atoms with E-state index in [1.807, 2.05) is 31.2 Å². The van der Waals surface area contributed by atoms with Crippen LogP contribution in [0.1, 0.15) is 40.6 Å². The topological polar surface area (TPSA) is 71.2 Å². The molecule has 2 unspecified atom stereocenters. The molecule has 2 atom stereocenters. The highest BCUT2D eigenvalue weighted by molar-refractivity contribution is 5.92. The monoisotopic (exact) mass is 312 g/mol. The van der Waals surface area contributed by atoms with E-state index in [9.17, 15) is 9.59 Å². The molecule has 2 heterocycles. The van der Waals surface area contributed by atoms with E-state index in [1.165, 1.54) is 11.6 Å². The lowest BCUT2D eigenvalue weighted by molar-refractivity contribution is -0.00952. The molecule has 120 valence electrons. The summed E-state index contributed by atoms with van der Waals surface area (Å²) in [4.78, 5) is 26.3. The summed E-state index contributed by atoms with van der Waals surface area (Å²) in [7, 11) is 0. The van der Waals surface area contributed by atoms with E-state index >= 15 is 0 Å². The number of amides is 1. The number of nitrogens with one attached hydrogen (secondary N) is 2. The first-order valence-corrected chi connectivity index (χ1v) is 7.82. The first kappa shape index (κ1) is 15.5. The minimum Gasteiger partial charge on any atom is -0.371 e. The Morgan fingerprint density at radius 1 is 1.22 bits per heavy atom. The van der Waals surface area contributed by atoms with E-state index in [0.29, 0.717) is 6.61 Å². The number of hydrogen-bond acceptors (Lipinski definition) is 3. The average molecular weight is 312 g/mol. The third-order valence-electron chi connectivity index (χ3n) is 4.06. The molecular formula is C18H20N2O3. The minimum atomic E-state index is -0.285. The van der Waals surface area contributed by atoms with Gasteiger partial charge in [-0.05, 0) is 31.4 Å². The molecule has 1 fully saturated rings. The van der Waals surface area contributed by atoms with Crippen molar-refractivity contribution in [2.75, 3.05) is 6.61 Å². The molecule has 0 bridgehead atoms. The van der Waals surface area contributed by atoms with Crippen LogP contribution in [0.25, 0.3) is 0 Å². The second-order valence-corrected chi connectivity index (χ2v) is 5.85. The predicted molar refractivity (Wildman–Crippen MR) is 87.4 cm³/mol. The average Bonchev–Trinajstić information content (AvgIpc) is 2.56. The normalized spacial score (nSPS) is 20.9. The first-order chi connectivity index (χ1) is 11.1. The summed E-state index contributed by atoms with van der Waals surface area (Å²) in [6.07, 6.45) is 1.59. The summed E-state index contributed by atoms with van der Waals surface area (Å²) in [5.74, 6) is -0.282. The number of benzene rings is 1. The number of pyridine rings is 1. The number of rotatable bonds is 3. The smallest absolute Gasteiger partial charge is 0.268 e. The van der Waals surface area contributed by atoms with Gasteiger partial charge in [-0.2, -0.15) is 0 Å². The number of ether oxygens (including phenoxy) is 1. The summed E-state index contributed by atoms with van der Waals surface area (Å²) in [6, 6.07) is 12.6. The standard InChI is InChI=1S/C18H20N2O3/c1-12-7-9-13(10-8-12)17-14(5-3-11-23-17)20-18(22)15-4-2-6-16(21)19-15/h2,4,6-10,14,17H,3,5,11H2,1H3,(H,19,21)(H,20,22). The zero-order valence-corrected chi connectivity index (χ0v) is 13.0. The summed E-state index contributed by atoms with van der Waals surface area (Å²) in [6.45, 7) is 2.73. The third-order valence-corrected chi connectivity index (χ3v) is 4.06. The SMILES string of the molecule is Cc1ccc(C2OCCCC2NC(=O)c2cccc(=O)[nH]2)cc1. The lowest BCUT2D eigenvalue weighted by atomic mass is 9.95. The maximum atomic E-state index is 12.4. The number of aryl methyl sites for hydroxylation is 1. The van der Waals surface area contributed by atoms with Gasteiger partial charge in [-0.15, -0.1) is 0 Å². The molecule has 1 aliphatic heterocycles. The van der Waals surface area contributed by atoms with Crippen molar-refractivity contribution >= 4 is 5.91 Å². The van der Waals surface area contributed by atoms with Crippen LogP contribution in [0.15, 0.2) is 47.3 Å². The van der Waals surface area contributed by atoms with Gasteiger partial charge in [0.15, 0.2) is 0 Å². The maximum Gasteiger partial charge on any atom is 0.268 e. The van der Waals surface area contributed by atoms with E-state index in [-0.39, 0.29) is 29.3 Å². The number of H-pyrrole nitrogens is 1. The van der Waals surface area contributed by atoms with Crippen molar-refractivity contribution in [1.82, 2.24) is 10.3 Å². The van der Waals surface area contributed by atoms with Crippen LogP contribution in [0.4, 0.5) is 0 Å². The largest absolute Gasteiger partial charge is 0.371 e. The molecule has 2 N–H and O–H groups in total. The molecule has 3 rings (SSSR count). The van der Waals surface area contributed by atoms with E-state index < -0.39 is 0 Å². The van der Waals surface area contributed by atoms with Gasteiger partial charge in [0.05, 0.1) is 6.04 Å². The minimum absolute atomic E-state index is 0.109. The van der Waals surface area contributed by atoms with Gasteiger partial charge >= 0.3 is 0 Å². The Kier molecular flexibility index (Phi) is 4.57. The fourth-order valence-corrected chi connectivity index (χ4v) is 2.84. The summed E-state index contributed by atoms with van der Waals surface area (Å²) >= 11 is 0. The Balaban J connectivity index is 1.77. The van der Waals surface area contributed by atoms with Crippen LogP contribution in [0.5, 0.6) is 0 Å². The maximum absolute atomic E-state index is 12.4. The van der Waals surface area contributed by atoms with E-state index in [2.05, 4.69) is 10.3 Å². The lowest BCUT2D eigenvalue weighted by Crippen LogP contribution is -2.43. The molecular weight excluding hydrogens is 292 g/mol. The molecule has 5 heteroatoms. The Morgan fingerprint density at radius 3 is 2.74 bits per heavy atom. The molecule has 5 nitrogen and oxygen atoms in total. The number of carbonyl (C=O) groups is 1. The summed E-state index contributed by atoms with van der Waals surface area (Å²) in [5, 5.41) is 2.99. The van der Waals surface area contributed by atoms with Crippen molar-refractivity contribution in [3.8, 4) is 0 Å². The molecule has 1 saturated heterocycles. The van der Waals surface area contributed by atoms with Crippen LogP contribution in [0.3, 0.4) is 0 Å². The van der Waals surface area contributed by atoms with Crippen LogP contribution in [0, 0.1) is 6.92 Å². The van der Waals surface area contributed by atoms with Gasteiger partial charge in [-0.3, -0.25) is 9.59 Å². The Morgan fingerprint density at radius 2 is 2.00 bits per heavy atom. The molecule has 1 aromatic carbocycles. The number of hydrogen-bond donors (Lipinski definition) is 2. The zero-order valence-electron chi connectivity index (χ0n) is 13.0. The molecule has 0 radical (unpaired) electrons. The third kappa shape index (κ3) is 3.68. The fraction of sp³-hybridized carbons (Fsp3) is 0.333. The summed E-state index contributed by atoms with van der Waals surface area (Å²) in [5.41, 5.74) is 2.23. The van der Waals surface area contributed by atoms with Gasteiger partial charge in [0.1, 0.15) is 11.8 Å². The zero-order chi connectivity index (χ0) is 16.2. The molecule has 1 aromatic heterocycles. The Bertz CT molecular complexity index is 736. The highest BCUT2D eigenvalue weighted by atomic mass is 16.5. The molecule has 0 aliphatic carbocycles. The van der Waals surface area contributed by atoms with Gasteiger partial charge < -0.3 is 15.0 Å². The molecule has 0 saturated carbocycles. The molecule has 1 amide bonds. The number of carbonyl (C=O) groups excluding carboxylic acids is 1. The van der Waals surface area contributed by atoms with Crippen LogP contribution in [0.2, 0.25) is 0 Å². The fourth-order valence-electron chi connectivity index (χ4n) is 2.84. The molecule has 1 aliphatic rings. The Hall–Kier alpha value is -2.40. The van der Waals surface area contributed by atoms with Crippen molar-refractivity contribution in [1.29, 1.82) is 0 Å². The van der Waals surface area contributed by atoms with Crippen molar-refractivity contribution in [3.63, 3.8) is 0 Å². The number of aromatic nitrogens is 1. The van der Waals surface area contributed by atoms with Crippen molar-refractivity contribution in [2.24, 2.45) is 0 Å². The van der Waals surface area contributed by atoms with Gasteiger partial charge in [0, 0.05) is 12.7 Å². The van der Waals surface area contributed by atoms with Crippen LogP contribution < -0.4 is 10.9 Å². The van der Waals surface area contributed by atoms with Crippen molar-refractivity contribution in [3.05, 3.63) is 69.6 Å². The predicted octanol–water partition coefficient (Wildman–Crippen LogP) is 2.33. The van der Waals surface area contributed by atoms with E-state index in [4.69, 9.17) is 4.74 Å². The van der Waals surface area contributed by atoms with E-state index in [1.54, 1.807) is 12.1 Å². The van der Waals surface area contributed by atoms with Gasteiger partial charge in [0.25, 0.3) is 5.91 Å². The van der Waals surface area contributed by atoms with Crippen LogP contribution in [-0.4, -0.2) is 23.5 Å². The van der Waals surface area contributed by atoms with Gasteiger partial charge in [-0.1, -0.05) is 35.9 Å². The summed E-state index contributed by atoms with van der Waals surface area (Å²) < 4.78 is 5.89.